The molecule has 1 atom stereocenters. The Kier molecular flexibility index (Phi) is 3.94. The molecule has 1 unspecified atom stereocenters. The number of nitrogens with zero attached hydrogens (tertiary/aromatic N) is 3. The van der Waals surface area contributed by atoms with Gasteiger partial charge in [0.05, 0.1) is 24.1 Å². The van der Waals surface area contributed by atoms with Crippen LogP contribution in [0.5, 0.6) is 0 Å². The molecule has 0 aromatic carbocycles. The van der Waals surface area contributed by atoms with E-state index in [1.54, 1.807) is 25.6 Å². The van der Waals surface area contributed by atoms with Gasteiger partial charge in [0.25, 0.3) is 0 Å². The summed E-state index contributed by atoms with van der Waals surface area (Å²) in [5.74, 6) is 0.556. The van der Waals surface area contributed by atoms with Gasteiger partial charge >= 0.3 is 0 Å². The van der Waals surface area contributed by atoms with Crippen molar-refractivity contribution in [3.8, 4) is 6.07 Å². The zero-order valence-electron chi connectivity index (χ0n) is 10.1. The highest BCUT2D eigenvalue weighted by molar-refractivity contribution is 5.57. The third kappa shape index (κ3) is 2.75. The summed E-state index contributed by atoms with van der Waals surface area (Å²) >= 11 is 0. The minimum Gasteiger partial charge on any atom is -0.384 e. The van der Waals surface area contributed by atoms with Gasteiger partial charge in [-0.1, -0.05) is 0 Å². The maximum atomic E-state index is 9.09. The topological polar surface area (TPSA) is 49.1 Å². The van der Waals surface area contributed by atoms with Crippen LogP contribution in [-0.4, -0.2) is 31.8 Å². The van der Waals surface area contributed by atoms with Gasteiger partial charge in [-0.2, -0.15) is 5.26 Å². The Bertz CT molecular complexity index is 411. The number of pyridine rings is 1. The second-order valence-corrected chi connectivity index (χ2v) is 4.41. The monoisotopic (exact) mass is 231 g/mol. The first-order valence-corrected chi connectivity index (χ1v) is 5.93. The van der Waals surface area contributed by atoms with Gasteiger partial charge in [0.15, 0.2) is 0 Å². The number of hydrogen-bond acceptors (Lipinski definition) is 4. The standard InChI is InChI=1S/C13H17N3O/c1-17-10-11-3-2-6-16(9-11)13-8-15-5-4-12(13)7-14/h4-5,8,11H,2-3,6,9-10H2,1H3. The fourth-order valence-electron chi connectivity index (χ4n) is 2.39. The number of anilines is 1. The van der Waals surface area contributed by atoms with E-state index in [0.29, 0.717) is 11.5 Å². The van der Waals surface area contributed by atoms with Crippen molar-refractivity contribution in [2.24, 2.45) is 5.92 Å². The fraction of sp³-hybridized carbons (Fsp3) is 0.538. The molecule has 90 valence electrons. The predicted molar refractivity (Wildman–Crippen MR) is 65.8 cm³/mol. The van der Waals surface area contributed by atoms with E-state index in [2.05, 4.69) is 16.0 Å². The van der Waals surface area contributed by atoms with Gasteiger partial charge in [0.2, 0.25) is 0 Å². The van der Waals surface area contributed by atoms with Gasteiger partial charge in [0, 0.05) is 26.4 Å². The molecule has 0 radical (unpaired) electrons. The largest absolute Gasteiger partial charge is 0.384 e. The maximum absolute atomic E-state index is 9.09. The van der Waals surface area contributed by atoms with Crippen molar-refractivity contribution in [2.75, 3.05) is 31.7 Å². The lowest BCUT2D eigenvalue weighted by molar-refractivity contribution is 0.143. The number of rotatable bonds is 3. The van der Waals surface area contributed by atoms with Crippen LogP contribution in [0.4, 0.5) is 5.69 Å². The summed E-state index contributed by atoms with van der Waals surface area (Å²) in [4.78, 5) is 6.36. The van der Waals surface area contributed by atoms with E-state index >= 15 is 0 Å². The quantitative estimate of drug-likeness (QED) is 0.796. The van der Waals surface area contributed by atoms with Crippen molar-refractivity contribution in [3.05, 3.63) is 24.0 Å². The molecule has 0 saturated carbocycles. The SMILES string of the molecule is COCC1CCCN(c2cnccc2C#N)C1. The van der Waals surface area contributed by atoms with E-state index in [4.69, 9.17) is 10.00 Å². The number of hydrogen-bond donors (Lipinski definition) is 0. The Labute approximate surface area is 102 Å². The molecular weight excluding hydrogens is 214 g/mol. The Balaban J connectivity index is 2.14. The molecule has 4 heteroatoms. The molecular formula is C13H17N3O. The highest BCUT2D eigenvalue weighted by Gasteiger charge is 2.21. The summed E-state index contributed by atoms with van der Waals surface area (Å²) in [6.45, 7) is 2.74. The fourth-order valence-corrected chi connectivity index (χ4v) is 2.39. The Morgan fingerprint density at radius 2 is 2.53 bits per heavy atom. The van der Waals surface area contributed by atoms with Crippen molar-refractivity contribution in [1.82, 2.24) is 4.98 Å². The Hall–Kier alpha value is -1.60. The van der Waals surface area contributed by atoms with Crippen LogP contribution in [0, 0.1) is 17.2 Å². The molecule has 17 heavy (non-hydrogen) atoms. The molecule has 1 aliphatic rings. The van der Waals surface area contributed by atoms with Crippen molar-refractivity contribution in [2.45, 2.75) is 12.8 Å². The summed E-state index contributed by atoms with van der Waals surface area (Å²) in [6.07, 6.45) is 5.80. The Morgan fingerprint density at radius 1 is 1.65 bits per heavy atom. The summed E-state index contributed by atoms with van der Waals surface area (Å²) in [6, 6.07) is 4.00. The van der Waals surface area contributed by atoms with Crippen LogP contribution in [0.2, 0.25) is 0 Å². The van der Waals surface area contributed by atoms with E-state index in [-0.39, 0.29) is 0 Å². The molecule has 0 spiro atoms. The normalized spacial score (nSPS) is 20.0. The van der Waals surface area contributed by atoms with Gasteiger partial charge in [-0.3, -0.25) is 4.98 Å². The lowest BCUT2D eigenvalue weighted by atomic mass is 9.98. The highest BCUT2D eigenvalue weighted by Crippen LogP contribution is 2.25. The second-order valence-electron chi connectivity index (χ2n) is 4.41. The number of aromatic nitrogens is 1. The molecule has 4 nitrogen and oxygen atoms in total. The molecule has 1 aliphatic heterocycles. The molecule has 1 fully saturated rings. The molecule has 0 aliphatic carbocycles. The number of methoxy groups -OCH3 is 1. The molecule has 0 amide bonds. The van der Waals surface area contributed by atoms with Crippen LogP contribution in [0.1, 0.15) is 18.4 Å². The average molecular weight is 231 g/mol. The van der Waals surface area contributed by atoms with Crippen molar-refractivity contribution < 1.29 is 4.74 Å². The van der Waals surface area contributed by atoms with Crippen molar-refractivity contribution in [1.29, 1.82) is 5.26 Å². The second kappa shape index (κ2) is 5.65. The molecule has 2 rings (SSSR count). The van der Waals surface area contributed by atoms with E-state index in [1.165, 1.54) is 6.42 Å². The van der Waals surface area contributed by atoms with Crippen LogP contribution < -0.4 is 4.90 Å². The van der Waals surface area contributed by atoms with Gasteiger partial charge < -0.3 is 9.64 Å². The summed E-state index contributed by atoms with van der Waals surface area (Å²) < 4.78 is 5.21. The lowest BCUT2D eigenvalue weighted by Gasteiger charge is -2.34. The summed E-state index contributed by atoms with van der Waals surface area (Å²) in [5.41, 5.74) is 1.66. The van der Waals surface area contributed by atoms with E-state index in [0.717, 1.165) is 31.8 Å². The molecule has 1 aromatic heterocycles. The van der Waals surface area contributed by atoms with Crippen LogP contribution in [0.3, 0.4) is 0 Å². The number of piperidine rings is 1. The maximum Gasteiger partial charge on any atom is 0.101 e. The average Bonchev–Trinajstić information content (AvgIpc) is 2.39. The molecule has 1 aromatic rings. The first kappa shape index (κ1) is 11.9. The first-order chi connectivity index (χ1) is 8.35. The number of nitriles is 1. The van der Waals surface area contributed by atoms with E-state index in [1.807, 2.05) is 0 Å². The molecule has 1 saturated heterocycles. The van der Waals surface area contributed by atoms with Gasteiger partial charge in [-0.25, -0.2) is 0 Å². The third-order valence-electron chi connectivity index (χ3n) is 3.18. The van der Waals surface area contributed by atoms with Crippen LogP contribution in [0.25, 0.3) is 0 Å². The van der Waals surface area contributed by atoms with E-state index < -0.39 is 0 Å². The molecule has 0 N–H and O–H groups in total. The van der Waals surface area contributed by atoms with Crippen LogP contribution in [0.15, 0.2) is 18.5 Å². The van der Waals surface area contributed by atoms with Crippen LogP contribution in [-0.2, 0) is 4.74 Å². The summed E-state index contributed by atoms with van der Waals surface area (Å²) in [5, 5.41) is 9.09. The zero-order chi connectivity index (χ0) is 12.1. The Morgan fingerprint density at radius 3 is 3.29 bits per heavy atom. The van der Waals surface area contributed by atoms with Gasteiger partial charge in [-0.05, 0) is 24.8 Å². The molecule has 0 bridgehead atoms. The highest BCUT2D eigenvalue weighted by atomic mass is 16.5. The smallest absolute Gasteiger partial charge is 0.101 e. The van der Waals surface area contributed by atoms with E-state index in [9.17, 15) is 0 Å². The third-order valence-corrected chi connectivity index (χ3v) is 3.18. The minimum atomic E-state index is 0.556. The zero-order valence-corrected chi connectivity index (χ0v) is 10.1. The first-order valence-electron chi connectivity index (χ1n) is 5.93. The van der Waals surface area contributed by atoms with Crippen LogP contribution >= 0.6 is 0 Å². The molecule has 2 heterocycles. The lowest BCUT2D eigenvalue weighted by Crippen LogP contribution is -2.37. The van der Waals surface area contributed by atoms with Crippen molar-refractivity contribution in [3.63, 3.8) is 0 Å². The van der Waals surface area contributed by atoms with Gasteiger partial charge in [0.1, 0.15) is 6.07 Å². The number of ether oxygens (including phenoxy) is 1. The predicted octanol–water partition coefficient (Wildman–Crippen LogP) is 1.82. The minimum absolute atomic E-state index is 0.556. The van der Waals surface area contributed by atoms with Gasteiger partial charge in [-0.15, -0.1) is 0 Å². The van der Waals surface area contributed by atoms with Crippen molar-refractivity contribution >= 4 is 5.69 Å². The summed E-state index contributed by atoms with van der Waals surface area (Å²) in [7, 11) is 1.74.